The molecule has 3 heterocycles. The van der Waals surface area contributed by atoms with Gasteiger partial charge in [-0.3, -0.25) is 9.88 Å². The molecule has 3 rings (SSSR count). The van der Waals surface area contributed by atoms with E-state index in [4.69, 9.17) is 4.74 Å². The predicted molar refractivity (Wildman–Crippen MR) is 102 cm³/mol. The van der Waals surface area contributed by atoms with Gasteiger partial charge in [0, 0.05) is 43.2 Å². The van der Waals surface area contributed by atoms with Gasteiger partial charge < -0.3 is 10.1 Å². The van der Waals surface area contributed by atoms with Crippen molar-refractivity contribution in [3.05, 3.63) is 30.1 Å². The summed E-state index contributed by atoms with van der Waals surface area (Å²) >= 11 is 2.10. The molecule has 2 saturated heterocycles. The van der Waals surface area contributed by atoms with Crippen LogP contribution in [0.15, 0.2) is 24.4 Å². The Morgan fingerprint density at radius 3 is 2.79 bits per heavy atom. The molecular weight excluding hydrogens is 318 g/mol. The molecule has 0 saturated carbocycles. The number of nitrogens with zero attached hydrogens (tertiary/aromatic N) is 2. The Morgan fingerprint density at radius 1 is 1.33 bits per heavy atom. The second kappa shape index (κ2) is 8.65. The minimum Gasteiger partial charge on any atom is -0.379 e. The van der Waals surface area contributed by atoms with E-state index in [-0.39, 0.29) is 0 Å². The minimum atomic E-state index is 0.290. The van der Waals surface area contributed by atoms with Crippen LogP contribution in [0.1, 0.15) is 38.4 Å². The highest BCUT2D eigenvalue weighted by Crippen LogP contribution is 2.34. The molecule has 0 aromatic carbocycles. The number of ether oxygens (including phenoxy) is 1. The standard InChI is InChI=1S/C19H31N3OS/c1-16(2)13-18(17-5-3-4-7-20-17)21-14-19(6-12-24-15-19)22-8-10-23-11-9-22/h3-5,7,16,18,21H,6,8-15H2,1-2H3/t18-,19+/m1/s1. The van der Waals surface area contributed by atoms with Crippen LogP contribution in [0.25, 0.3) is 0 Å². The number of nitrogens with one attached hydrogen (secondary N) is 1. The molecule has 2 aliphatic heterocycles. The predicted octanol–water partition coefficient (Wildman–Crippen LogP) is 2.97. The quantitative estimate of drug-likeness (QED) is 0.819. The van der Waals surface area contributed by atoms with E-state index in [1.165, 1.54) is 23.6 Å². The van der Waals surface area contributed by atoms with Crippen LogP contribution >= 0.6 is 11.8 Å². The second-order valence-electron chi connectivity index (χ2n) is 7.44. The first kappa shape index (κ1) is 18.2. The summed E-state index contributed by atoms with van der Waals surface area (Å²) in [6.07, 6.45) is 4.32. The topological polar surface area (TPSA) is 37.4 Å². The van der Waals surface area contributed by atoms with Crippen molar-refractivity contribution in [1.29, 1.82) is 0 Å². The Morgan fingerprint density at radius 2 is 2.17 bits per heavy atom. The van der Waals surface area contributed by atoms with Gasteiger partial charge in [-0.15, -0.1) is 0 Å². The molecule has 5 heteroatoms. The molecule has 1 N–H and O–H groups in total. The number of thioether (sulfide) groups is 1. The van der Waals surface area contributed by atoms with Gasteiger partial charge in [0.2, 0.25) is 0 Å². The van der Waals surface area contributed by atoms with Crippen LogP contribution in [-0.2, 0) is 4.74 Å². The lowest BCUT2D eigenvalue weighted by Crippen LogP contribution is -2.58. The van der Waals surface area contributed by atoms with Gasteiger partial charge in [0.15, 0.2) is 0 Å². The van der Waals surface area contributed by atoms with Crippen LogP contribution in [-0.4, -0.2) is 59.8 Å². The van der Waals surface area contributed by atoms with Crippen molar-refractivity contribution in [3.8, 4) is 0 Å². The van der Waals surface area contributed by atoms with Gasteiger partial charge >= 0.3 is 0 Å². The van der Waals surface area contributed by atoms with Gasteiger partial charge in [0.1, 0.15) is 0 Å². The Bertz CT molecular complexity index is 485. The van der Waals surface area contributed by atoms with Gasteiger partial charge in [-0.1, -0.05) is 19.9 Å². The van der Waals surface area contributed by atoms with Crippen molar-refractivity contribution in [2.75, 3.05) is 44.4 Å². The second-order valence-corrected chi connectivity index (χ2v) is 8.55. The summed E-state index contributed by atoms with van der Waals surface area (Å²) in [6, 6.07) is 6.60. The summed E-state index contributed by atoms with van der Waals surface area (Å²) in [4.78, 5) is 7.29. The van der Waals surface area contributed by atoms with Gasteiger partial charge in [-0.2, -0.15) is 11.8 Å². The highest BCUT2D eigenvalue weighted by Gasteiger charge is 2.40. The maximum atomic E-state index is 5.57. The molecule has 0 bridgehead atoms. The van der Waals surface area contributed by atoms with Crippen molar-refractivity contribution in [2.45, 2.75) is 38.3 Å². The van der Waals surface area contributed by atoms with E-state index in [0.29, 0.717) is 17.5 Å². The number of pyridine rings is 1. The first-order valence-electron chi connectivity index (χ1n) is 9.24. The minimum absolute atomic E-state index is 0.290. The summed E-state index contributed by atoms with van der Waals surface area (Å²) in [5.41, 5.74) is 1.47. The van der Waals surface area contributed by atoms with E-state index in [2.05, 4.69) is 52.9 Å². The SMILES string of the molecule is CC(C)C[C@@H](NC[C@@]1(N2CCOCC2)CCSC1)c1ccccn1. The Kier molecular flexibility index (Phi) is 6.56. The number of morpholine rings is 1. The molecule has 0 spiro atoms. The Labute approximate surface area is 150 Å². The third-order valence-electron chi connectivity index (χ3n) is 5.19. The summed E-state index contributed by atoms with van der Waals surface area (Å²) in [5.74, 6) is 3.16. The highest BCUT2D eigenvalue weighted by atomic mass is 32.2. The molecular formula is C19H31N3OS. The van der Waals surface area contributed by atoms with Gasteiger partial charge in [-0.05, 0) is 36.6 Å². The summed E-state index contributed by atoms with van der Waals surface area (Å²) in [6.45, 7) is 9.53. The molecule has 0 aliphatic carbocycles. The van der Waals surface area contributed by atoms with Crippen LogP contribution in [0.3, 0.4) is 0 Å². The zero-order valence-electron chi connectivity index (χ0n) is 15.0. The summed E-state index contributed by atoms with van der Waals surface area (Å²) in [7, 11) is 0. The zero-order valence-corrected chi connectivity index (χ0v) is 15.9. The van der Waals surface area contributed by atoms with Crippen LogP contribution in [0, 0.1) is 5.92 Å². The van der Waals surface area contributed by atoms with Gasteiger partial charge in [0.05, 0.1) is 18.9 Å². The Hall–Kier alpha value is -0.620. The molecule has 2 fully saturated rings. The maximum Gasteiger partial charge on any atom is 0.0594 e. The largest absolute Gasteiger partial charge is 0.379 e. The Balaban J connectivity index is 1.69. The smallest absolute Gasteiger partial charge is 0.0594 e. The fourth-order valence-corrected chi connectivity index (χ4v) is 5.29. The average Bonchev–Trinajstić information content (AvgIpc) is 3.10. The third-order valence-corrected chi connectivity index (χ3v) is 6.43. The molecule has 4 nitrogen and oxygen atoms in total. The normalized spacial score (nSPS) is 26.8. The van der Waals surface area contributed by atoms with Crippen molar-refractivity contribution >= 4 is 11.8 Å². The fraction of sp³-hybridized carbons (Fsp3) is 0.737. The van der Waals surface area contributed by atoms with E-state index in [1.807, 2.05) is 12.3 Å². The average molecular weight is 350 g/mol. The lowest BCUT2D eigenvalue weighted by atomic mass is 9.93. The maximum absolute atomic E-state index is 5.57. The molecule has 1 aromatic heterocycles. The molecule has 2 atom stereocenters. The van der Waals surface area contributed by atoms with E-state index < -0.39 is 0 Å². The van der Waals surface area contributed by atoms with Gasteiger partial charge in [-0.25, -0.2) is 0 Å². The lowest BCUT2D eigenvalue weighted by Gasteiger charge is -2.43. The first-order valence-corrected chi connectivity index (χ1v) is 10.4. The van der Waals surface area contributed by atoms with E-state index in [9.17, 15) is 0 Å². The zero-order chi connectivity index (χ0) is 16.8. The molecule has 24 heavy (non-hydrogen) atoms. The van der Waals surface area contributed by atoms with E-state index in [1.54, 1.807) is 0 Å². The molecule has 0 amide bonds. The number of rotatable bonds is 7. The van der Waals surface area contributed by atoms with Crippen LogP contribution < -0.4 is 5.32 Å². The van der Waals surface area contributed by atoms with Crippen LogP contribution in [0.4, 0.5) is 0 Å². The number of aromatic nitrogens is 1. The fourth-order valence-electron chi connectivity index (χ4n) is 3.81. The first-order chi connectivity index (χ1) is 11.7. The molecule has 0 radical (unpaired) electrons. The van der Waals surface area contributed by atoms with E-state index in [0.717, 1.165) is 39.3 Å². The third kappa shape index (κ3) is 4.51. The summed E-state index contributed by atoms with van der Waals surface area (Å²) in [5, 5.41) is 3.89. The number of hydrogen-bond acceptors (Lipinski definition) is 5. The molecule has 2 aliphatic rings. The molecule has 1 aromatic rings. The van der Waals surface area contributed by atoms with Crippen molar-refractivity contribution < 1.29 is 4.74 Å². The van der Waals surface area contributed by atoms with Gasteiger partial charge in [0.25, 0.3) is 0 Å². The highest BCUT2D eigenvalue weighted by molar-refractivity contribution is 7.99. The van der Waals surface area contributed by atoms with Crippen LogP contribution in [0.5, 0.6) is 0 Å². The molecule has 134 valence electrons. The van der Waals surface area contributed by atoms with Crippen molar-refractivity contribution in [3.63, 3.8) is 0 Å². The number of hydrogen-bond donors (Lipinski definition) is 1. The van der Waals surface area contributed by atoms with E-state index >= 15 is 0 Å². The lowest BCUT2D eigenvalue weighted by molar-refractivity contribution is -0.0143. The van der Waals surface area contributed by atoms with Crippen molar-refractivity contribution in [2.24, 2.45) is 5.92 Å². The monoisotopic (exact) mass is 349 g/mol. The van der Waals surface area contributed by atoms with Crippen molar-refractivity contribution in [1.82, 2.24) is 15.2 Å². The summed E-state index contributed by atoms with van der Waals surface area (Å²) < 4.78 is 5.57. The molecule has 0 unspecified atom stereocenters. The van der Waals surface area contributed by atoms with Crippen LogP contribution in [0.2, 0.25) is 0 Å².